The van der Waals surface area contributed by atoms with Crippen LogP contribution in [-0.2, 0) is 0 Å². The average molecular weight is 1190 g/mol. The zero-order chi connectivity index (χ0) is 61.6. The molecule has 0 saturated carbocycles. The average Bonchev–Trinajstić information content (AvgIpc) is 3.41. The molecule has 0 bridgehead atoms. The molecule has 0 radical (unpaired) electrons. The van der Waals surface area contributed by atoms with E-state index >= 15 is 0 Å². The van der Waals surface area contributed by atoms with Crippen molar-refractivity contribution in [3.05, 3.63) is 333 Å². The minimum absolute atomic E-state index is 0.727. The summed E-state index contributed by atoms with van der Waals surface area (Å²) in [6.45, 7) is 21.6. The highest BCUT2D eigenvalue weighted by molar-refractivity contribution is 6.31. The van der Waals surface area contributed by atoms with Crippen molar-refractivity contribution in [2.45, 2.75) is 69.2 Å². The van der Waals surface area contributed by atoms with Gasteiger partial charge in [0.1, 0.15) is 0 Å². The molecule has 0 spiro atoms. The van der Waals surface area contributed by atoms with E-state index in [4.69, 9.17) is 23.2 Å². The summed E-state index contributed by atoms with van der Waals surface area (Å²) in [6, 6.07) is 95.8. The Morgan fingerprint density at radius 3 is 0.682 bits per heavy atom. The van der Waals surface area contributed by atoms with Crippen molar-refractivity contribution in [3.63, 3.8) is 0 Å². The van der Waals surface area contributed by atoms with Gasteiger partial charge in [0.2, 0.25) is 0 Å². The van der Waals surface area contributed by atoms with Gasteiger partial charge in [0.15, 0.2) is 0 Å². The van der Waals surface area contributed by atoms with Crippen LogP contribution in [0.4, 0.5) is 68.2 Å². The molecule has 0 heterocycles. The lowest BCUT2D eigenvalue weighted by Crippen LogP contribution is -2.12. The van der Waals surface area contributed by atoms with Gasteiger partial charge < -0.3 is 19.6 Å². The molecule has 0 atom stereocenters. The van der Waals surface area contributed by atoms with E-state index in [1.807, 2.05) is 48.5 Å². The maximum atomic E-state index is 6.05. The van der Waals surface area contributed by atoms with E-state index in [1.165, 1.54) is 78.1 Å². The summed E-state index contributed by atoms with van der Waals surface area (Å²) in [6.07, 6.45) is 0. The molecule has 0 aliphatic carbocycles. The van der Waals surface area contributed by atoms with Crippen molar-refractivity contribution in [2.75, 3.05) is 19.6 Å². The first-order chi connectivity index (χ1) is 42.5. The summed E-state index contributed by atoms with van der Waals surface area (Å²) in [4.78, 5) is 9.34. The maximum absolute atomic E-state index is 6.05. The molecule has 12 aromatic rings. The molecule has 0 N–H and O–H groups in total. The fourth-order valence-corrected chi connectivity index (χ4v) is 12.0. The van der Waals surface area contributed by atoms with Crippen LogP contribution in [-0.4, -0.2) is 0 Å². The minimum Gasteiger partial charge on any atom is -0.310 e. The topological polar surface area (TPSA) is 13.0 Å². The van der Waals surface area contributed by atoms with E-state index in [0.29, 0.717) is 0 Å². The lowest BCUT2D eigenvalue weighted by Gasteiger charge is -2.28. The normalized spacial score (nSPS) is 11.0. The standard InChI is InChI=1S/C62H57N3.C20H17Cl2N/c1-42-15-26-54(27-16-42)64(61-35-20-45(4)38-48(61)7)58-13-9-11-52(40-58)50-22-30-56(31-23-50)63(60-34-19-44(3)37-47(60)6)57-32-24-51(25-33-57)53-12-10-14-59(41-53)65(55-28-17-43(2)18-29-55)62-36-21-46(5)39-49(62)8;1-14-3-12-20(15(2)13-14)23(18-8-4-16(21)5-9-18)19-10-6-17(22)7-11-19/h9-41H,1-8H3;3-13H,1-2H3. The number of hydrogen-bond acceptors (Lipinski definition) is 4. The number of anilines is 12. The monoisotopic (exact) mass is 1180 g/mol. The molecule has 0 saturated heterocycles. The van der Waals surface area contributed by atoms with Crippen LogP contribution in [0.15, 0.2) is 267 Å². The van der Waals surface area contributed by atoms with Crippen LogP contribution in [0.25, 0.3) is 22.3 Å². The summed E-state index contributed by atoms with van der Waals surface area (Å²) in [5.74, 6) is 0. The van der Waals surface area contributed by atoms with Gasteiger partial charge in [-0.3, -0.25) is 0 Å². The predicted molar refractivity (Wildman–Crippen MR) is 380 cm³/mol. The number of rotatable bonds is 14. The number of nitrogens with zero attached hydrogens (tertiary/aromatic N) is 4. The highest BCUT2D eigenvalue weighted by atomic mass is 35.5. The predicted octanol–water partition coefficient (Wildman–Crippen LogP) is 25.0. The van der Waals surface area contributed by atoms with E-state index in [-0.39, 0.29) is 0 Å². The molecule has 4 nitrogen and oxygen atoms in total. The molecule has 12 rings (SSSR count). The van der Waals surface area contributed by atoms with E-state index < -0.39 is 0 Å². The second kappa shape index (κ2) is 26.6. The number of aryl methyl sites for hydroxylation is 10. The highest BCUT2D eigenvalue weighted by Crippen LogP contribution is 2.44. The Hall–Kier alpha value is -9.58. The third kappa shape index (κ3) is 13.7. The molecule has 0 aromatic heterocycles. The van der Waals surface area contributed by atoms with E-state index in [1.54, 1.807) is 0 Å². The van der Waals surface area contributed by atoms with E-state index in [9.17, 15) is 0 Å². The van der Waals surface area contributed by atoms with Crippen molar-refractivity contribution in [1.29, 1.82) is 0 Å². The molecule has 12 aromatic carbocycles. The van der Waals surface area contributed by atoms with Crippen LogP contribution in [0.2, 0.25) is 10.0 Å². The van der Waals surface area contributed by atoms with Crippen LogP contribution in [0.5, 0.6) is 0 Å². The highest BCUT2D eigenvalue weighted by Gasteiger charge is 2.21. The molecular formula is C82H74Cl2N4. The zero-order valence-corrected chi connectivity index (χ0v) is 53.5. The Bertz CT molecular complexity index is 4150. The summed E-state index contributed by atoms with van der Waals surface area (Å²) >= 11 is 12.1. The third-order valence-corrected chi connectivity index (χ3v) is 16.8. The molecule has 0 amide bonds. The van der Waals surface area contributed by atoms with Crippen molar-refractivity contribution in [1.82, 2.24) is 0 Å². The Morgan fingerprint density at radius 1 is 0.193 bits per heavy atom. The molecule has 0 aliphatic heterocycles. The first-order valence-electron chi connectivity index (χ1n) is 30.1. The molecular weight excluding hydrogens is 1110 g/mol. The SMILES string of the molecule is Cc1ccc(N(c2ccc(Cl)cc2)c2ccc(Cl)cc2)c(C)c1.Cc1ccc(N(c2cccc(-c3ccc(N(c4ccc(-c5cccc(N(c6ccc(C)cc6)c6ccc(C)cc6C)c5)cc4)c4ccc(C)cc4C)cc3)c2)c2ccc(C)cc2C)cc1. The zero-order valence-electron chi connectivity index (χ0n) is 51.9. The smallest absolute Gasteiger partial charge is 0.0490 e. The fraction of sp³-hybridized carbons (Fsp3) is 0.122. The lowest BCUT2D eigenvalue weighted by atomic mass is 10.0. The quantitative estimate of drug-likeness (QED) is 0.108. The summed E-state index contributed by atoms with van der Waals surface area (Å²) < 4.78 is 0. The second-order valence-electron chi connectivity index (χ2n) is 23.3. The first kappa shape index (κ1) is 60.1. The largest absolute Gasteiger partial charge is 0.310 e. The van der Waals surface area contributed by atoms with E-state index in [2.05, 4.69) is 307 Å². The minimum atomic E-state index is 0.727. The first-order valence-corrected chi connectivity index (χ1v) is 30.8. The molecule has 6 heteroatoms. The van der Waals surface area contributed by atoms with Crippen LogP contribution in [0, 0.1) is 69.2 Å². The van der Waals surface area contributed by atoms with Crippen molar-refractivity contribution in [2.24, 2.45) is 0 Å². The van der Waals surface area contributed by atoms with Gasteiger partial charge in [0, 0.05) is 78.3 Å². The summed E-state index contributed by atoms with van der Waals surface area (Å²) in [5, 5.41) is 1.45. The Labute approximate surface area is 531 Å². The van der Waals surface area contributed by atoms with Crippen molar-refractivity contribution < 1.29 is 0 Å². The van der Waals surface area contributed by atoms with E-state index in [0.717, 1.165) is 78.0 Å². The summed E-state index contributed by atoms with van der Waals surface area (Å²) in [7, 11) is 0. The van der Waals surface area contributed by atoms with Gasteiger partial charge in [-0.2, -0.15) is 0 Å². The Morgan fingerprint density at radius 2 is 0.420 bits per heavy atom. The van der Waals surface area contributed by atoms with Gasteiger partial charge in [-0.25, -0.2) is 0 Å². The van der Waals surface area contributed by atoms with Gasteiger partial charge in [-0.1, -0.05) is 178 Å². The van der Waals surface area contributed by atoms with Gasteiger partial charge in [-0.15, -0.1) is 0 Å². The van der Waals surface area contributed by atoms with Crippen LogP contribution >= 0.6 is 23.2 Å². The summed E-state index contributed by atoms with van der Waals surface area (Å²) in [5.41, 5.74) is 30.6. The van der Waals surface area contributed by atoms with Gasteiger partial charge in [-0.05, 0) is 259 Å². The van der Waals surface area contributed by atoms with Gasteiger partial charge in [0.05, 0.1) is 0 Å². The Kier molecular flexibility index (Phi) is 18.2. The maximum Gasteiger partial charge on any atom is 0.0490 e. The van der Waals surface area contributed by atoms with Gasteiger partial charge in [0.25, 0.3) is 0 Å². The number of halogens is 2. The second-order valence-corrected chi connectivity index (χ2v) is 24.2. The molecule has 0 aliphatic rings. The lowest BCUT2D eigenvalue weighted by molar-refractivity contribution is 1.23. The van der Waals surface area contributed by atoms with Crippen LogP contribution in [0.3, 0.4) is 0 Å². The third-order valence-electron chi connectivity index (χ3n) is 16.3. The fourth-order valence-electron chi connectivity index (χ4n) is 11.8. The molecule has 0 unspecified atom stereocenters. The Balaban J connectivity index is 0.000000291. The van der Waals surface area contributed by atoms with Gasteiger partial charge >= 0.3 is 0 Å². The molecule has 88 heavy (non-hydrogen) atoms. The number of benzene rings is 12. The molecule has 436 valence electrons. The van der Waals surface area contributed by atoms with Crippen molar-refractivity contribution in [3.8, 4) is 22.3 Å². The van der Waals surface area contributed by atoms with Crippen molar-refractivity contribution >= 4 is 91.5 Å². The van der Waals surface area contributed by atoms with Crippen LogP contribution < -0.4 is 19.6 Å². The molecule has 0 fully saturated rings. The number of hydrogen-bond donors (Lipinski definition) is 0. The van der Waals surface area contributed by atoms with Crippen LogP contribution in [0.1, 0.15) is 55.6 Å².